The van der Waals surface area contributed by atoms with E-state index in [9.17, 15) is 45.6 Å². The van der Waals surface area contributed by atoms with Crippen molar-refractivity contribution in [3.05, 3.63) is 24.3 Å². The lowest BCUT2D eigenvalue weighted by Crippen LogP contribution is -2.65. The van der Waals surface area contributed by atoms with Crippen molar-refractivity contribution in [1.29, 1.82) is 0 Å². The molecule has 388 valence electrons. The average Bonchev–Trinajstić information content (AvgIpc) is 3.32. The van der Waals surface area contributed by atoms with Gasteiger partial charge in [-0.25, -0.2) is 0 Å². The van der Waals surface area contributed by atoms with Gasteiger partial charge in [0, 0.05) is 6.42 Å². The molecule has 2 rings (SSSR count). The van der Waals surface area contributed by atoms with Crippen LogP contribution in [0.4, 0.5) is 0 Å². The quantitative estimate of drug-likeness (QED) is 0.0216. The molecule has 66 heavy (non-hydrogen) atoms. The minimum Gasteiger partial charge on any atom is -0.394 e. The van der Waals surface area contributed by atoms with Crippen LogP contribution in [0.25, 0.3) is 0 Å². The number of ether oxygens (including phenoxy) is 4. The van der Waals surface area contributed by atoms with Crippen LogP contribution in [-0.2, 0) is 23.7 Å². The van der Waals surface area contributed by atoms with Crippen LogP contribution in [-0.4, -0.2) is 140 Å². The van der Waals surface area contributed by atoms with E-state index < -0.39 is 86.8 Å². The van der Waals surface area contributed by atoms with Gasteiger partial charge in [0.05, 0.1) is 32.0 Å². The van der Waals surface area contributed by atoms with Crippen molar-refractivity contribution in [2.75, 3.05) is 19.8 Å². The summed E-state index contributed by atoms with van der Waals surface area (Å²) in [5.41, 5.74) is 0. The number of amides is 1. The first-order chi connectivity index (χ1) is 32.1. The molecule has 0 aliphatic carbocycles. The van der Waals surface area contributed by atoms with Crippen LogP contribution in [0.1, 0.15) is 206 Å². The number of carbonyl (C=O) groups excluding carboxylic acids is 1. The third kappa shape index (κ3) is 25.9. The van der Waals surface area contributed by atoms with Crippen molar-refractivity contribution in [2.45, 2.75) is 280 Å². The van der Waals surface area contributed by atoms with Crippen molar-refractivity contribution in [3.63, 3.8) is 0 Å². The summed E-state index contributed by atoms with van der Waals surface area (Å²) in [6.45, 7) is 2.21. The summed E-state index contributed by atoms with van der Waals surface area (Å²) in [7, 11) is 0. The molecule has 2 aliphatic heterocycles. The molecule has 0 radical (unpaired) electrons. The second-order valence-electron chi connectivity index (χ2n) is 19.0. The number of nitrogens with one attached hydrogen (secondary N) is 1. The molecule has 14 heteroatoms. The second-order valence-corrected chi connectivity index (χ2v) is 19.0. The van der Waals surface area contributed by atoms with Gasteiger partial charge in [-0.1, -0.05) is 199 Å². The Morgan fingerprint density at radius 1 is 0.530 bits per heavy atom. The van der Waals surface area contributed by atoms with Gasteiger partial charge in [-0.3, -0.25) is 4.79 Å². The molecule has 12 unspecified atom stereocenters. The SMILES string of the molecule is CCCCCCCCCCCCCCCCCCCCCCCCCCCC/C=C/CC/C=C/C(O)C(COC1OC(CO)C(OC2OC(CO)C(O)C(O)C2O)C(O)C1O)NC(=O)CC. The first-order valence-corrected chi connectivity index (χ1v) is 26.6. The smallest absolute Gasteiger partial charge is 0.220 e. The Bertz CT molecular complexity index is 1210. The van der Waals surface area contributed by atoms with Crippen molar-refractivity contribution in [1.82, 2.24) is 5.32 Å². The van der Waals surface area contributed by atoms with Gasteiger partial charge >= 0.3 is 0 Å². The van der Waals surface area contributed by atoms with Crippen molar-refractivity contribution in [2.24, 2.45) is 0 Å². The molecule has 0 aromatic carbocycles. The fourth-order valence-corrected chi connectivity index (χ4v) is 8.80. The van der Waals surface area contributed by atoms with E-state index in [0.717, 1.165) is 12.8 Å². The summed E-state index contributed by atoms with van der Waals surface area (Å²) in [5.74, 6) is -0.337. The number of rotatable bonds is 41. The van der Waals surface area contributed by atoms with Crippen molar-refractivity contribution >= 4 is 5.91 Å². The fraction of sp³-hybridized carbons (Fsp3) is 0.904. The minimum absolute atomic E-state index is 0.155. The van der Waals surface area contributed by atoms with Gasteiger partial charge in [0.1, 0.15) is 48.8 Å². The Hall–Kier alpha value is -1.53. The van der Waals surface area contributed by atoms with Gasteiger partial charge in [0.15, 0.2) is 12.6 Å². The molecule has 14 nitrogen and oxygen atoms in total. The molecule has 0 spiro atoms. The van der Waals surface area contributed by atoms with Crippen molar-refractivity contribution in [3.8, 4) is 0 Å². The lowest BCUT2D eigenvalue weighted by atomic mass is 9.97. The maximum Gasteiger partial charge on any atom is 0.220 e. The summed E-state index contributed by atoms with van der Waals surface area (Å²) in [5, 5.41) is 85.4. The monoisotopic (exact) mass is 944 g/mol. The molecule has 12 atom stereocenters. The first-order valence-electron chi connectivity index (χ1n) is 26.6. The number of aliphatic hydroxyl groups excluding tert-OH is 8. The van der Waals surface area contributed by atoms with Gasteiger partial charge in [-0.05, 0) is 25.7 Å². The number of carbonyl (C=O) groups is 1. The Morgan fingerprint density at radius 3 is 1.42 bits per heavy atom. The number of allylic oxidation sites excluding steroid dienone is 3. The Balaban J connectivity index is 1.50. The van der Waals surface area contributed by atoms with E-state index in [-0.39, 0.29) is 18.9 Å². The largest absolute Gasteiger partial charge is 0.394 e. The molecule has 2 fully saturated rings. The van der Waals surface area contributed by atoms with E-state index in [0.29, 0.717) is 6.42 Å². The van der Waals surface area contributed by atoms with Gasteiger partial charge in [-0.2, -0.15) is 0 Å². The maximum atomic E-state index is 12.3. The summed E-state index contributed by atoms with van der Waals surface area (Å²) < 4.78 is 22.3. The predicted molar refractivity (Wildman–Crippen MR) is 258 cm³/mol. The lowest BCUT2D eigenvalue weighted by Gasteiger charge is -2.46. The molecule has 1 amide bonds. The van der Waals surface area contributed by atoms with Crippen LogP contribution in [0.3, 0.4) is 0 Å². The number of hydrogen-bond donors (Lipinski definition) is 9. The maximum absolute atomic E-state index is 12.3. The number of hydrogen-bond acceptors (Lipinski definition) is 13. The van der Waals surface area contributed by atoms with Gasteiger partial charge in [0.2, 0.25) is 5.91 Å². The topological polar surface area (TPSA) is 228 Å². The third-order valence-corrected chi connectivity index (χ3v) is 13.2. The Kier molecular flexibility index (Phi) is 36.0. The van der Waals surface area contributed by atoms with Crippen LogP contribution >= 0.6 is 0 Å². The average molecular weight is 944 g/mol. The zero-order valence-electron chi connectivity index (χ0n) is 41.2. The molecule has 2 heterocycles. The van der Waals surface area contributed by atoms with Crippen LogP contribution in [0.15, 0.2) is 24.3 Å². The zero-order valence-corrected chi connectivity index (χ0v) is 41.2. The van der Waals surface area contributed by atoms with E-state index in [1.165, 1.54) is 167 Å². The van der Waals surface area contributed by atoms with E-state index in [4.69, 9.17) is 18.9 Å². The van der Waals surface area contributed by atoms with Crippen LogP contribution in [0.2, 0.25) is 0 Å². The normalized spacial score (nSPS) is 26.9. The minimum atomic E-state index is -1.79. The molecular weight excluding hydrogens is 847 g/mol. The molecule has 2 aliphatic rings. The summed E-state index contributed by atoms with van der Waals surface area (Å²) >= 11 is 0. The Labute approximate surface area is 398 Å². The zero-order chi connectivity index (χ0) is 48.2. The van der Waals surface area contributed by atoms with E-state index in [1.807, 2.05) is 6.08 Å². The number of unbranched alkanes of at least 4 members (excludes halogenated alkanes) is 27. The Morgan fingerprint density at radius 2 is 0.955 bits per heavy atom. The molecule has 0 bridgehead atoms. The highest BCUT2D eigenvalue weighted by Crippen LogP contribution is 2.30. The molecular formula is C52H97NO13. The molecule has 9 N–H and O–H groups in total. The van der Waals surface area contributed by atoms with Gasteiger partial charge in [0.25, 0.3) is 0 Å². The van der Waals surface area contributed by atoms with Crippen molar-refractivity contribution < 1.29 is 64.6 Å². The standard InChI is InChI=1S/C52H97NO13/c1-3-5-6-7-8-9-10-11-12-13-14-15-16-17-18-19-20-21-22-23-24-25-26-27-28-29-30-31-32-33-34-35-36-41(56)40(53-44(57)4-2)39-63-51-49(62)47(60)50(43(38-55)65-51)66-52-48(61)46(59)45(58)42(37-54)64-52/h31-32,35-36,40-43,45-52,54-56,58-62H,3-30,33-34,37-39H2,1-2H3,(H,53,57)/b32-31+,36-35+. The highest BCUT2D eigenvalue weighted by Gasteiger charge is 2.51. The second kappa shape index (κ2) is 39.2. The van der Waals surface area contributed by atoms with E-state index in [2.05, 4.69) is 24.4 Å². The van der Waals surface area contributed by atoms with E-state index in [1.54, 1.807) is 13.0 Å². The molecule has 0 saturated carbocycles. The summed E-state index contributed by atoms with van der Waals surface area (Å²) in [6.07, 6.45) is 29.7. The number of aliphatic hydroxyl groups is 8. The first kappa shape index (κ1) is 60.6. The molecule has 0 aromatic rings. The summed E-state index contributed by atoms with van der Waals surface area (Å²) in [4.78, 5) is 12.3. The molecule has 2 saturated heterocycles. The predicted octanol–water partition coefficient (Wildman–Crippen LogP) is 7.33. The molecule has 0 aromatic heterocycles. The van der Waals surface area contributed by atoms with Crippen LogP contribution in [0, 0.1) is 0 Å². The van der Waals surface area contributed by atoms with Crippen LogP contribution < -0.4 is 5.32 Å². The highest BCUT2D eigenvalue weighted by atomic mass is 16.7. The highest BCUT2D eigenvalue weighted by molar-refractivity contribution is 5.75. The van der Waals surface area contributed by atoms with Gasteiger partial charge < -0.3 is 65.1 Å². The third-order valence-electron chi connectivity index (χ3n) is 13.2. The van der Waals surface area contributed by atoms with E-state index >= 15 is 0 Å². The summed E-state index contributed by atoms with van der Waals surface area (Å²) in [6, 6.07) is -0.925. The lowest BCUT2D eigenvalue weighted by molar-refractivity contribution is -0.359. The van der Waals surface area contributed by atoms with Gasteiger partial charge in [-0.15, -0.1) is 0 Å². The van der Waals surface area contributed by atoms with Crippen LogP contribution in [0.5, 0.6) is 0 Å². The fourth-order valence-electron chi connectivity index (χ4n) is 8.80.